The molecule has 0 heterocycles. The van der Waals surface area contributed by atoms with E-state index in [9.17, 15) is 14.4 Å². The number of ether oxygens (including phenoxy) is 1. The maximum Gasteiger partial charge on any atom is 0.408 e. The van der Waals surface area contributed by atoms with Crippen LogP contribution in [0, 0.1) is 11.8 Å². The van der Waals surface area contributed by atoms with E-state index in [1.54, 1.807) is 25.7 Å². The minimum absolute atomic E-state index is 0.154. The molecule has 0 saturated heterocycles. The second kappa shape index (κ2) is 16.4. The number of hydrogen-bond acceptors (Lipinski definition) is 4. The molecule has 0 aliphatic heterocycles. The quantitative estimate of drug-likeness (QED) is 0.249. The Morgan fingerprint density at radius 2 is 1.58 bits per heavy atom. The highest BCUT2D eigenvalue weighted by molar-refractivity contribution is 5.92. The molecule has 1 rings (SSSR count). The Morgan fingerprint density at radius 1 is 0.947 bits per heavy atom. The van der Waals surface area contributed by atoms with Crippen LogP contribution in [0.2, 0.25) is 0 Å². The molecule has 3 amide bonds. The molecule has 2 N–H and O–H groups in total. The summed E-state index contributed by atoms with van der Waals surface area (Å²) in [5, 5.41) is 5.93. The Morgan fingerprint density at radius 3 is 2.11 bits per heavy atom. The number of rotatable bonds is 15. The molecule has 0 aromatic heterocycles. The lowest BCUT2D eigenvalue weighted by atomic mass is 9.93. The van der Waals surface area contributed by atoms with Crippen molar-refractivity contribution in [1.29, 1.82) is 0 Å². The number of benzene rings is 1. The first-order valence-electron chi connectivity index (χ1n) is 14.5. The highest BCUT2D eigenvalue weighted by atomic mass is 16.6. The first-order chi connectivity index (χ1) is 17.8. The van der Waals surface area contributed by atoms with Gasteiger partial charge < -0.3 is 20.3 Å². The summed E-state index contributed by atoms with van der Waals surface area (Å²) < 4.78 is 5.50. The highest BCUT2D eigenvalue weighted by Gasteiger charge is 2.40. The van der Waals surface area contributed by atoms with Gasteiger partial charge in [-0.3, -0.25) is 9.59 Å². The number of nitrogens with zero attached hydrogens (tertiary/aromatic N) is 1. The first-order valence-corrected chi connectivity index (χ1v) is 14.5. The summed E-state index contributed by atoms with van der Waals surface area (Å²) in [6.07, 6.45) is 4.68. The van der Waals surface area contributed by atoms with Gasteiger partial charge in [-0.25, -0.2) is 4.79 Å². The van der Waals surface area contributed by atoms with Gasteiger partial charge in [0.15, 0.2) is 0 Å². The molecule has 0 radical (unpaired) electrons. The molecular formula is C31H53N3O4. The van der Waals surface area contributed by atoms with E-state index in [1.165, 1.54) is 0 Å². The normalized spacial score (nSPS) is 14.8. The Hall–Kier alpha value is -2.57. The standard InChI is InChI=1S/C31H53N3O4/c1-10-12-16-21-32-28(35)27(25-17-14-13-15-18-25)34(24(6)20-19-22(3)4)29(36)26(23(5)11-2)33-30(37)38-31(7,8)9/h13-15,17-18,22-24,26-27H,10-12,16,19-21H2,1-9H3,(H,32,35)(H,33,37). The summed E-state index contributed by atoms with van der Waals surface area (Å²) in [7, 11) is 0. The molecular weight excluding hydrogens is 478 g/mol. The molecule has 7 heteroatoms. The smallest absolute Gasteiger partial charge is 0.408 e. The Labute approximate surface area is 231 Å². The van der Waals surface area contributed by atoms with Gasteiger partial charge in [-0.05, 0) is 64.4 Å². The minimum atomic E-state index is -0.824. The van der Waals surface area contributed by atoms with E-state index in [4.69, 9.17) is 4.74 Å². The van der Waals surface area contributed by atoms with E-state index in [2.05, 4.69) is 31.4 Å². The van der Waals surface area contributed by atoms with E-state index < -0.39 is 23.8 Å². The minimum Gasteiger partial charge on any atom is -0.444 e. The van der Waals surface area contributed by atoms with Crippen LogP contribution in [-0.2, 0) is 14.3 Å². The lowest BCUT2D eigenvalue weighted by Crippen LogP contribution is -2.57. The van der Waals surface area contributed by atoms with Crippen molar-refractivity contribution in [3.63, 3.8) is 0 Å². The van der Waals surface area contributed by atoms with Crippen LogP contribution in [0.5, 0.6) is 0 Å². The number of amides is 3. The predicted octanol–water partition coefficient (Wildman–Crippen LogP) is 6.63. The number of hydrogen-bond donors (Lipinski definition) is 2. The van der Waals surface area contributed by atoms with Gasteiger partial charge >= 0.3 is 6.09 Å². The number of nitrogens with one attached hydrogen (secondary N) is 2. The van der Waals surface area contributed by atoms with Crippen molar-refractivity contribution < 1.29 is 19.1 Å². The Bertz CT molecular complexity index is 850. The highest BCUT2D eigenvalue weighted by Crippen LogP contribution is 2.29. The van der Waals surface area contributed by atoms with Crippen molar-refractivity contribution in [3.8, 4) is 0 Å². The van der Waals surface area contributed by atoms with Gasteiger partial charge in [0.25, 0.3) is 0 Å². The molecule has 1 aromatic rings. The van der Waals surface area contributed by atoms with E-state index >= 15 is 0 Å². The molecule has 0 aliphatic rings. The second-order valence-electron chi connectivity index (χ2n) is 11.9. The fraction of sp³-hybridized carbons (Fsp3) is 0.710. The lowest BCUT2D eigenvalue weighted by Gasteiger charge is -2.40. The third-order valence-electron chi connectivity index (χ3n) is 6.76. The van der Waals surface area contributed by atoms with Gasteiger partial charge in [0, 0.05) is 12.6 Å². The van der Waals surface area contributed by atoms with Gasteiger partial charge in [-0.1, -0.05) is 84.2 Å². The largest absolute Gasteiger partial charge is 0.444 e. The molecule has 38 heavy (non-hydrogen) atoms. The second-order valence-corrected chi connectivity index (χ2v) is 11.9. The van der Waals surface area contributed by atoms with E-state index in [-0.39, 0.29) is 23.8 Å². The maximum atomic E-state index is 14.4. The van der Waals surface area contributed by atoms with Crippen molar-refractivity contribution in [3.05, 3.63) is 35.9 Å². The predicted molar refractivity (Wildman–Crippen MR) is 155 cm³/mol. The van der Waals surface area contributed by atoms with Crippen LogP contribution in [0.15, 0.2) is 30.3 Å². The molecule has 7 nitrogen and oxygen atoms in total. The molecule has 0 fully saturated rings. The molecule has 216 valence electrons. The Kier molecular flexibility index (Phi) is 14.4. The van der Waals surface area contributed by atoms with Gasteiger partial charge in [0.1, 0.15) is 17.7 Å². The van der Waals surface area contributed by atoms with E-state index in [0.717, 1.165) is 37.7 Å². The molecule has 0 bridgehead atoms. The van der Waals surface area contributed by atoms with Gasteiger partial charge in [-0.15, -0.1) is 0 Å². The topological polar surface area (TPSA) is 87.7 Å². The van der Waals surface area contributed by atoms with Crippen molar-refractivity contribution >= 4 is 17.9 Å². The summed E-state index contributed by atoms with van der Waals surface area (Å²) in [5.74, 6) is -0.159. The van der Waals surface area contributed by atoms with Crippen molar-refractivity contribution in [2.75, 3.05) is 6.54 Å². The number of alkyl carbamates (subject to hydrolysis) is 1. The number of carbonyl (C=O) groups is 3. The van der Waals surface area contributed by atoms with Crippen LogP contribution in [0.25, 0.3) is 0 Å². The van der Waals surface area contributed by atoms with Crippen LogP contribution in [-0.4, -0.2) is 47.0 Å². The third kappa shape index (κ3) is 11.4. The van der Waals surface area contributed by atoms with E-state index in [0.29, 0.717) is 18.9 Å². The van der Waals surface area contributed by atoms with Crippen molar-refractivity contribution in [1.82, 2.24) is 15.5 Å². The van der Waals surface area contributed by atoms with Crippen LogP contribution < -0.4 is 10.6 Å². The fourth-order valence-corrected chi connectivity index (χ4v) is 4.35. The maximum absolute atomic E-state index is 14.4. The van der Waals surface area contributed by atoms with Crippen molar-refractivity contribution in [2.45, 2.75) is 125 Å². The summed E-state index contributed by atoms with van der Waals surface area (Å²) in [6, 6.07) is 7.62. The number of carbonyl (C=O) groups excluding carboxylic acids is 3. The summed E-state index contributed by atoms with van der Waals surface area (Å²) in [6.45, 7) is 18.3. The summed E-state index contributed by atoms with van der Waals surface area (Å²) in [4.78, 5) is 42.7. The molecule has 1 aromatic carbocycles. The van der Waals surface area contributed by atoms with Crippen LogP contribution in [0.1, 0.15) is 112 Å². The molecule has 0 aliphatic carbocycles. The van der Waals surface area contributed by atoms with Gasteiger partial charge in [0.05, 0.1) is 0 Å². The average molecular weight is 532 g/mol. The van der Waals surface area contributed by atoms with Crippen LogP contribution in [0.3, 0.4) is 0 Å². The van der Waals surface area contributed by atoms with E-state index in [1.807, 2.05) is 51.1 Å². The Balaban J connectivity index is 3.51. The third-order valence-corrected chi connectivity index (χ3v) is 6.76. The molecule has 4 unspecified atom stereocenters. The monoisotopic (exact) mass is 531 g/mol. The van der Waals surface area contributed by atoms with Gasteiger partial charge in [0.2, 0.25) is 11.8 Å². The lowest BCUT2D eigenvalue weighted by molar-refractivity contribution is -0.146. The van der Waals surface area contributed by atoms with Gasteiger partial charge in [-0.2, -0.15) is 0 Å². The number of unbranched alkanes of at least 4 members (excludes halogenated alkanes) is 2. The zero-order valence-electron chi connectivity index (χ0n) is 25.3. The van der Waals surface area contributed by atoms with Crippen LogP contribution >= 0.6 is 0 Å². The SMILES string of the molecule is CCCCCNC(=O)C(c1ccccc1)N(C(=O)C(NC(=O)OC(C)(C)C)C(C)CC)C(C)CCC(C)C. The molecule has 0 spiro atoms. The van der Waals surface area contributed by atoms with Crippen LogP contribution in [0.4, 0.5) is 4.79 Å². The fourth-order valence-electron chi connectivity index (χ4n) is 4.35. The summed E-state index contributed by atoms with van der Waals surface area (Å²) >= 11 is 0. The zero-order valence-corrected chi connectivity index (χ0v) is 25.3. The molecule has 0 saturated carbocycles. The summed E-state index contributed by atoms with van der Waals surface area (Å²) in [5.41, 5.74) is 0.0629. The molecule has 4 atom stereocenters. The first kappa shape index (κ1) is 33.5. The van der Waals surface area contributed by atoms with Crippen molar-refractivity contribution in [2.24, 2.45) is 11.8 Å². The zero-order chi connectivity index (χ0) is 28.9. The average Bonchev–Trinajstić information content (AvgIpc) is 2.85.